The lowest BCUT2D eigenvalue weighted by Gasteiger charge is -2.25. The lowest BCUT2D eigenvalue weighted by molar-refractivity contribution is -0.158. The molecule has 19 heavy (non-hydrogen) atoms. The van der Waals surface area contributed by atoms with Gasteiger partial charge in [-0.05, 0) is 12.5 Å². The van der Waals surface area contributed by atoms with Gasteiger partial charge in [0, 0.05) is 0 Å². The van der Waals surface area contributed by atoms with E-state index >= 15 is 0 Å². The van der Waals surface area contributed by atoms with Crippen LogP contribution in [0.2, 0.25) is 0 Å². The molecule has 0 fully saturated rings. The Bertz CT molecular complexity index is 427. The average Bonchev–Trinajstić information content (AvgIpc) is 2.43. The largest absolute Gasteiger partial charge is 0.469 e. The van der Waals surface area contributed by atoms with Gasteiger partial charge < -0.3 is 14.6 Å². The van der Waals surface area contributed by atoms with Gasteiger partial charge in [0.25, 0.3) is 0 Å². The standard InChI is InChI=1S/C14H18O5/c1-9(15)11(13(16)18-2)12(14(17)19-3)10-7-5-4-6-8-10/h4-9,11-12,15H,1-3H3/t9-,11+,12-/m1/s1. The Hall–Kier alpha value is -1.88. The predicted octanol–water partition coefficient (Wildman–Crippen LogP) is 1.11. The lowest BCUT2D eigenvalue weighted by atomic mass is 9.83. The van der Waals surface area contributed by atoms with Crippen LogP contribution in [0.15, 0.2) is 30.3 Å². The quantitative estimate of drug-likeness (QED) is 0.808. The van der Waals surface area contributed by atoms with E-state index in [1.54, 1.807) is 30.3 Å². The van der Waals surface area contributed by atoms with E-state index in [0.29, 0.717) is 5.56 Å². The van der Waals surface area contributed by atoms with Gasteiger partial charge in [0.1, 0.15) is 0 Å². The molecule has 0 spiro atoms. The maximum atomic E-state index is 11.9. The number of methoxy groups -OCH3 is 2. The highest BCUT2D eigenvalue weighted by Crippen LogP contribution is 2.29. The molecule has 1 rings (SSSR count). The molecule has 0 aliphatic carbocycles. The monoisotopic (exact) mass is 266 g/mol. The molecule has 5 heteroatoms. The van der Waals surface area contributed by atoms with Crippen molar-refractivity contribution in [1.29, 1.82) is 0 Å². The maximum absolute atomic E-state index is 11.9. The molecule has 0 aliphatic rings. The molecule has 0 heterocycles. The Morgan fingerprint density at radius 1 is 1.05 bits per heavy atom. The molecule has 1 N–H and O–H groups in total. The predicted molar refractivity (Wildman–Crippen MR) is 68.4 cm³/mol. The zero-order chi connectivity index (χ0) is 14.4. The molecule has 0 radical (unpaired) electrons. The normalized spacial score (nSPS) is 15.2. The van der Waals surface area contributed by atoms with Crippen LogP contribution in [0.1, 0.15) is 18.4 Å². The van der Waals surface area contributed by atoms with Gasteiger partial charge in [0.2, 0.25) is 0 Å². The van der Waals surface area contributed by atoms with Gasteiger partial charge in [-0.1, -0.05) is 30.3 Å². The second kappa shape index (κ2) is 6.89. The number of carbonyl (C=O) groups is 2. The fourth-order valence-corrected chi connectivity index (χ4v) is 2.02. The third-order valence-corrected chi connectivity index (χ3v) is 2.97. The molecule has 0 saturated heterocycles. The van der Waals surface area contributed by atoms with Crippen molar-refractivity contribution in [2.75, 3.05) is 14.2 Å². The summed E-state index contributed by atoms with van der Waals surface area (Å²) in [6.45, 7) is 1.44. The van der Waals surface area contributed by atoms with Crippen LogP contribution in [0.5, 0.6) is 0 Å². The molecule has 1 aromatic carbocycles. The maximum Gasteiger partial charge on any atom is 0.314 e. The SMILES string of the molecule is COC(=O)[C@H]([C@H](C(=O)OC)c1ccccc1)[C@@H](C)O. The third-order valence-electron chi connectivity index (χ3n) is 2.97. The number of hydrogen-bond donors (Lipinski definition) is 1. The molecule has 0 amide bonds. The summed E-state index contributed by atoms with van der Waals surface area (Å²) in [6, 6.07) is 8.72. The lowest BCUT2D eigenvalue weighted by Crippen LogP contribution is -2.37. The first-order valence-corrected chi connectivity index (χ1v) is 5.91. The number of hydrogen-bond acceptors (Lipinski definition) is 5. The fourth-order valence-electron chi connectivity index (χ4n) is 2.02. The van der Waals surface area contributed by atoms with E-state index in [4.69, 9.17) is 4.74 Å². The van der Waals surface area contributed by atoms with Gasteiger partial charge in [-0.25, -0.2) is 0 Å². The van der Waals surface area contributed by atoms with Crippen molar-refractivity contribution in [3.8, 4) is 0 Å². The van der Waals surface area contributed by atoms with Crippen molar-refractivity contribution >= 4 is 11.9 Å². The smallest absolute Gasteiger partial charge is 0.314 e. The number of esters is 2. The molecule has 0 aliphatic heterocycles. The minimum atomic E-state index is -1.03. The van der Waals surface area contributed by atoms with Gasteiger partial charge in [-0.15, -0.1) is 0 Å². The van der Waals surface area contributed by atoms with Crippen LogP contribution in [0.25, 0.3) is 0 Å². The molecular formula is C14H18O5. The first-order valence-electron chi connectivity index (χ1n) is 5.91. The molecule has 1 aromatic rings. The molecule has 0 unspecified atom stereocenters. The first-order chi connectivity index (χ1) is 9.02. The summed E-state index contributed by atoms with van der Waals surface area (Å²) in [6.07, 6.45) is -1.03. The Morgan fingerprint density at radius 2 is 1.58 bits per heavy atom. The molecule has 0 bridgehead atoms. The Morgan fingerprint density at radius 3 is 2.00 bits per heavy atom. The summed E-state index contributed by atoms with van der Waals surface area (Å²) in [7, 11) is 2.46. The van der Waals surface area contributed by atoms with E-state index in [1.165, 1.54) is 21.1 Å². The van der Waals surface area contributed by atoms with Crippen molar-refractivity contribution in [2.24, 2.45) is 5.92 Å². The summed E-state index contributed by atoms with van der Waals surface area (Å²) in [5.74, 6) is -3.12. The number of carbonyl (C=O) groups excluding carboxylic acids is 2. The Kier molecular flexibility index (Phi) is 5.51. The topological polar surface area (TPSA) is 72.8 Å². The van der Waals surface area contributed by atoms with Gasteiger partial charge >= 0.3 is 11.9 Å². The molecular weight excluding hydrogens is 248 g/mol. The molecule has 0 saturated carbocycles. The second-order valence-corrected chi connectivity index (χ2v) is 4.20. The van der Waals surface area contributed by atoms with Crippen LogP contribution in [0.3, 0.4) is 0 Å². The number of benzene rings is 1. The number of aliphatic hydroxyl groups excluding tert-OH is 1. The van der Waals surface area contributed by atoms with E-state index in [-0.39, 0.29) is 0 Å². The van der Waals surface area contributed by atoms with E-state index in [9.17, 15) is 14.7 Å². The zero-order valence-corrected chi connectivity index (χ0v) is 11.2. The summed E-state index contributed by atoms with van der Waals surface area (Å²) < 4.78 is 9.40. The van der Waals surface area contributed by atoms with E-state index in [1.807, 2.05) is 0 Å². The number of rotatable bonds is 5. The van der Waals surface area contributed by atoms with E-state index in [0.717, 1.165) is 0 Å². The molecule has 104 valence electrons. The Balaban J connectivity index is 3.22. The van der Waals surface area contributed by atoms with Gasteiger partial charge in [-0.3, -0.25) is 9.59 Å². The van der Waals surface area contributed by atoms with Crippen molar-refractivity contribution in [1.82, 2.24) is 0 Å². The molecule has 5 nitrogen and oxygen atoms in total. The van der Waals surface area contributed by atoms with Crippen LogP contribution in [-0.2, 0) is 19.1 Å². The van der Waals surface area contributed by atoms with Crippen LogP contribution in [-0.4, -0.2) is 37.4 Å². The van der Waals surface area contributed by atoms with Gasteiger partial charge in [-0.2, -0.15) is 0 Å². The minimum absolute atomic E-state index is 0.581. The van der Waals surface area contributed by atoms with Crippen molar-refractivity contribution in [2.45, 2.75) is 18.9 Å². The van der Waals surface area contributed by atoms with E-state index in [2.05, 4.69) is 4.74 Å². The first kappa shape index (κ1) is 15.2. The second-order valence-electron chi connectivity index (χ2n) is 4.20. The highest BCUT2D eigenvalue weighted by atomic mass is 16.5. The van der Waals surface area contributed by atoms with Gasteiger partial charge in [0.05, 0.1) is 32.2 Å². The van der Waals surface area contributed by atoms with Crippen LogP contribution in [0.4, 0.5) is 0 Å². The summed E-state index contributed by atoms with van der Waals surface area (Å²) in [4.78, 5) is 23.7. The van der Waals surface area contributed by atoms with Crippen LogP contribution >= 0.6 is 0 Å². The highest BCUT2D eigenvalue weighted by Gasteiger charge is 2.39. The fraction of sp³-hybridized carbons (Fsp3) is 0.429. The average molecular weight is 266 g/mol. The Labute approximate surface area is 112 Å². The summed E-state index contributed by atoms with van der Waals surface area (Å²) in [5.41, 5.74) is 0.602. The highest BCUT2D eigenvalue weighted by molar-refractivity contribution is 5.86. The van der Waals surface area contributed by atoms with Crippen molar-refractivity contribution in [3.63, 3.8) is 0 Å². The van der Waals surface area contributed by atoms with Crippen LogP contribution < -0.4 is 0 Å². The third kappa shape index (κ3) is 3.54. The molecule has 3 atom stereocenters. The van der Waals surface area contributed by atoms with Crippen molar-refractivity contribution < 1.29 is 24.2 Å². The van der Waals surface area contributed by atoms with Crippen molar-refractivity contribution in [3.05, 3.63) is 35.9 Å². The van der Waals surface area contributed by atoms with E-state index < -0.39 is 29.9 Å². The number of ether oxygens (including phenoxy) is 2. The number of aliphatic hydroxyl groups is 1. The summed E-state index contributed by atoms with van der Waals surface area (Å²) in [5, 5.41) is 9.78. The van der Waals surface area contributed by atoms with Crippen LogP contribution in [0, 0.1) is 5.92 Å². The molecule has 0 aromatic heterocycles. The zero-order valence-electron chi connectivity index (χ0n) is 11.2. The minimum Gasteiger partial charge on any atom is -0.469 e. The van der Waals surface area contributed by atoms with Gasteiger partial charge in [0.15, 0.2) is 0 Å². The summed E-state index contributed by atoms with van der Waals surface area (Å²) >= 11 is 0.